The van der Waals surface area contributed by atoms with Crippen LogP contribution in [0.15, 0.2) is 33.9 Å². The van der Waals surface area contributed by atoms with Gasteiger partial charge in [-0.1, -0.05) is 37.6 Å². The predicted octanol–water partition coefficient (Wildman–Crippen LogP) is 1.87. The average Bonchev–Trinajstić information content (AvgIpc) is 2.64. The zero-order chi connectivity index (χ0) is 18.0. The van der Waals surface area contributed by atoms with E-state index in [0.717, 1.165) is 29.4 Å². The fourth-order valence-electron chi connectivity index (χ4n) is 2.67. The van der Waals surface area contributed by atoms with Gasteiger partial charge in [-0.2, -0.15) is 10.1 Å². The molecule has 1 aromatic carbocycles. The Morgan fingerprint density at radius 1 is 1.04 bits per heavy atom. The Morgan fingerprint density at radius 3 is 2.40 bits per heavy atom. The Hall–Kier alpha value is -2.83. The monoisotopic (exact) mass is 339 g/mol. The number of unbranched alkanes of at least 4 members (excludes halogenated alkanes) is 1. The first-order chi connectivity index (χ1) is 12.0. The highest BCUT2D eigenvalue weighted by Crippen LogP contribution is 2.20. The summed E-state index contributed by atoms with van der Waals surface area (Å²) in [5, 5.41) is 4.45. The minimum absolute atomic E-state index is 0.156. The van der Waals surface area contributed by atoms with Crippen LogP contribution in [0.4, 0.5) is 0 Å². The maximum Gasteiger partial charge on any atom is 0.352 e. The zero-order valence-corrected chi connectivity index (χ0v) is 14.7. The maximum atomic E-state index is 12.4. The Labute approximate surface area is 145 Å². The highest BCUT2D eigenvalue weighted by Gasteiger charge is 2.20. The van der Waals surface area contributed by atoms with Crippen LogP contribution >= 0.6 is 0 Å². The molecule has 7 heteroatoms. The molecule has 0 spiro atoms. The number of aryl methyl sites for hydroxylation is 2. The van der Waals surface area contributed by atoms with Gasteiger partial charge in [-0.05, 0) is 25.3 Å². The minimum Gasteiger partial charge on any atom is -0.267 e. The molecule has 0 aromatic heterocycles. The van der Waals surface area contributed by atoms with Crippen LogP contribution in [0.1, 0.15) is 32.3 Å². The molecule has 25 heavy (non-hydrogen) atoms. The largest absolute Gasteiger partial charge is 0.352 e. The normalized spacial score (nSPS) is 11.2. The molecule has 0 bridgehead atoms. The average molecular weight is 339 g/mol. The lowest BCUT2D eigenvalue weighted by atomic mass is 10.1. The van der Waals surface area contributed by atoms with Crippen molar-refractivity contribution in [3.05, 3.63) is 50.7 Å². The highest BCUT2D eigenvalue weighted by atomic mass is 16.2. The Morgan fingerprint density at radius 2 is 1.76 bits per heavy atom. The summed E-state index contributed by atoms with van der Waals surface area (Å²) in [5.74, 6) is 0.674. The number of hydrogen-bond donors (Lipinski definition) is 0. The smallest absolute Gasteiger partial charge is 0.267 e. The standard InChI is InChI=1S/C18H21N5O2/c1-4-6-7-12-8-10-13(11-9-12)15-19-14-16(23(5-2)21-15)20-18(25)22(3)17(14)24/h8-11H,4-7H2,1-3H3. The molecular weight excluding hydrogens is 318 g/mol. The molecule has 0 amide bonds. The summed E-state index contributed by atoms with van der Waals surface area (Å²) in [7, 11) is 1.40. The zero-order valence-electron chi connectivity index (χ0n) is 14.7. The van der Waals surface area contributed by atoms with Crippen molar-refractivity contribution in [2.45, 2.75) is 39.7 Å². The van der Waals surface area contributed by atoms with E-state index in [0.29, 0.717) is 12.4 Å². The molecule has 0 saturated heterocycles. The van der Waals surface area contributed by atoms with Gasteiger partial charge in [0, 0.05) is 19.2 Å². The molecular formula is C18H21N5O2. The van der Waals surface area contributed by atoms with Gasteiger partial charge in [0.1, 0.15) is 0 Å². The van der Waals surface area contributed by atoms with E-state index in [-0.39, 0.29) is 11.5 Å². The number of rotatable bonds is 5. The lowest BCUT2D eigenvalue weighted by Gasteiger charge is -2.13. The van der Waals surface area contributed by atoms with E-state index < -0.39 is 11.2 Å². The fourth-order valence-corrected chi connectivity index (χ4v) is 2.67. The Balaban J connectivity index is 2.13. The van der Waals surface area contributed by atoms with Gasteiger partial charge in [-0.25, -0.2) is 14.5 Å². The van der Waals surface area contributed by atoms with Crippen molar-refractivity contribution in [3.63, 3.8) is 0 Å². The van der Waals surface area contributed by atoms with Crippen molar-refractivity contribution >= 4 is 0 Å². The topological polar surface area (TPSA) is 82.7 Å². The first kappa shape index (κ1) is 17.0. The second-order valence-corrected chi connectivity index (χ2v) is 5.98. The van der Waals surface area contributed by atoms with E-state index in [1.54, 1.807) is 4.68 Å². The van der Waals surface area contributed by atoms with E-state index in [1.165, 1.54) is 12.6 Å². The second-order valence-electron chi connectivity index (χ2n) is 5.98. The molecule has 0 atom stereocenters. The first-order valence-corrected chi connectivity index (χ1v) is 8.50. The summed E-state index contributed by atoms with van der Waals surface area (Å²) in [6.45, 7) is 4.54. The van der Waals surface area contributed by atoms with Gasteiger partial charge in [-0.3, -0.25) is 9.36 Å². The molecule has 0 radical (unpaired) electrons. The van der Waals surface area contributed by atoms with Crippen molar-refractivity contribution in [1.82, 2.24) is 24.3 Å². The van der Waals surface area contributed by atoms with E-state index >= 15 is 0 Å². The quantitative estimate of drug-likeness (QED) is 0.708. The minimum atomic E-state index is -0.601. The SMILES string of the molecule is CCCCc1ccc(-c2nc3c(=O)n(C)c(=O)nc-3n(CC)n2)cc1. The number of aromatic nitrogens is 5. The van der Waals surface area contributed by atoms with Crippen molar-refractivity contribution in [2.24, 2.45) is 7.05 Å². The van der Waals surface area contributed by atoms with Crippen LogP contribution in [0, 0.1) is 0 Å². The summed E-state index contributed by atoms with van der Waals surface area (Å²) in [6, 6.07) is 8.05. The number of benzene rings is 1. The van der Waals surface area contributed by atoms with E-state index in [9.17, 15) is 9.59 Å². The molecule has 1 aromatic rings. The molecule has 7 nitrogen and oxygen atoms in total. The van der Waals surface area contributed by atoms with Crippen LogP contribution in [0.3, 0.4) is 0 Å². The highest BCUT2D eigenvalue weighted by molar-refractivity contribution is 5.59. The number of hydrogen-bond acceptors (Lipinski definition) is 5. The van der Waals surface area contributed by atoms with E-state index in [4.69, 9.17) is 0 Å². The molecule has 0 unspecified atom stereocenters. The van der Waals surface area contributed by atoms with Gasteiger partial charge in [0.2, 0.25) is 0 Å². The van der Waals surface area contributed by atoms with Crippen molar-refractivity contribution in [1.29, 1.82) is 0 Å². The molecule has 0 saturated carbocycles. The summed E-state index contributed by atoms with van der Waals surface area (Å²) in [4.78, 5) is 32.5. The van der Waals surface area contributed by atoms with E-state index in [2.05, 4.69) is 34.1 Å². The molecule has 130 valence electrons. The van der Waals surface area contributed by atoms with Gasteiger partial charge < -0.3 is 0 Å². The predicted molar refractivity (Wildman–Crippen MR) is 95.7 cm³/mol. The summed E-state index contributed by atoms with van der Waals surface area (Å²) >= 11 is 0. The van der Waals surface area contributed by atoms with Gasteiger partial charge in [-0.15, -0.1) is 0 Å². The second kappa shape index (κ2) is 6.96. The summed E-state index contributed by atoms with van der Waals surface area (Å²) < 4.78 is 2.51. The Bertz CT molecular complexity index is 972. The third-order valence-corrected chi connectivity index (χ3v) is 4.22. The molecule has 2 aliphatic rings. The Kier molecular flexibility index (Phi) is 4.74. The van der Waals surface area contributed by atoms with Gasteiger partial charge in [0.15, 0.2) is 17.3 Å². The summed E-state index contributed by atoms with van der Waals surface area (Å²) in [5.41, 5.74) is 1.20. The number of nitrogens with zero attached hydrogens (tertiary/aromatic N) is 5. The van der Waals surface area contributed by atoms with Crippen LogP contribution in [0.2, 0.25) is 0 Å². The fraction of sp³-hybridized carbons (Fsp3) is 0.389. The maximum absolute atomic E-state index is 12.4. The van der Waals surface area contributed by atoms with E-state index in [1.807, 2.05) is 19.1 Å². The molecule has 0 fully saturated rings. The third-order valence-electron chi connectivity index (χ3n) is 4.22. The lowest BCUT2D eigenvalue weighted by Crippen LogP contribution is -2.37. The van der Waals surface area contributed by atoms with Crippen molar-refractivity contribution < 1.29 is 0 Å². The molecule has 0 N–H and O–H groups in total. The molecule has 2 heterocycles. The third kappa shape index (κ3) is 3.22. The summed E-state index contributed by atoms with van der Waals surface area (Å²) in [6.07, 6.45) is 3.35. The molecule has 0 aliphatic carbocycles. The lowest BCUT2D eigenvalue weighted by molar-refractivity contribution is 0.612. The molecule has 2 aliphatic heterocycles. The number of fused-ring (bicyclic) bond motifs is 1. The van der Waals surface area contributed by atoms with Crippen LogP contribution in [-0.2, 0) is 20.0 Å². The van der Waals surface area contributed by atoms with Crippen molar-refractivity contribution in [3.8, 4) is 22.9 Å². The van der Waals surface area contributed by atoms with Crippen molar-refractivity contribution in [2.75, 3.05) is 0 Å². The van der Waals surface area contributed by atoms with Crippen LogP contribution in [0.25, 0.3) is 22.9 Å². The van der Waals surface area contributed by atoms with Crippen LogP contribution < -0.4 is 11.2 Å². The van der Waals surface area contributed by atoms with Crippen LogP contribution in [0.5, 0.6) is 0 Å². The van der Waals surface area contributed by atoms with Crippen LogP contribution in [-0.4, -0.2) is 24.3 Å². The van der Waals surface area contributed by atoms with Gasteiger partial charge >= 0.3 is 5.69 Å². The first-order valence-electron chi connectivity index (χ1n) is 8.50. The molecule has 3 rings (SSSR count). The van der Waals surface area contributed by atoms with Gasteiger partial charge in [0.25, 0.3) is 5.56 Å². The van der Waals surface area contributed by atoms with Gasteiger partial charge in [0.05, 0.1) is 0 Å².